The fourth-order valence-corrected chi connectivity index (χ4v) is 5.55. The lowest BCUT2D eigenvalue weighted by Gasteiger charge is -2.31. The summed E-state index contributed by atoms with van der Waals surface area (Å²) in [5.74, 6) is -0.545. The van der Waals surface area contributed by atoms with Gasteiger partial charge in [0.1, 0.15) is 10.6 Å². The van der Waals surface area contributed by atoms with Crippen LogP contribution in [0.15, 0.2) is 53.4 Å². The highest BCUT2D eigenvalue weighted by molar-refractivity contribution is 7.92. The van der Waals surface area contributed by atoms with Gasteiger partial charge < -0.3 is 5.32 Å². The first-order chi connectivity index (χ1) is 12.9. The summed E-state index contributed by atoms with van der Waals surface area (Å²) in [5.41, 5.74) is -1.57. The highest BCUT2D eigenvalue weighted by Gasteiger charge is 2.50. The van der Waals surface area contributed by atoms with Crippen LogP contribution in [0.4, 0.5) is 17.6 Å². The molecule has 2 aromatic carbocycles. The normalized spacial score (nSPS) is 21.1. The third-order valence-electron chi connectivity index (χ3n) is 5.60. The number of nitrogens with one attached hydrogen (secondary N) is 1. The molecule has 0 aliphatic carbocycles. The van der Waals surface area contributed by atoms with Gasteiger partial charge in [0, 0.05) is 6.54 Å². The van der Waals surface area contributed by atoms with E-state index in [0.717, 1.165) is 26.0 Å². The van der Waals surface area contributed by atoms with Crippen LogP contribution in [0.3, 0.4) is 0 Å². The number of sulfone groups is 1. The zero-order valence-corrected chi connectivity index (χ0v) is 16.3. The maximum Gasteiger partial charge on any atom is 0.397 e. The zero-order valence-electron chi connectivity index (χ0n) is 15.5. The minimum Gasteiger partial charge on any atom is -0.315 e. The van der Waals surface area contributed by atoms with Crippen LogP contribution in [0.2, 0.25) is 0 Å². The van der Waals surface area contributed by atoms with Crippen LogP contribution < -0.4 is 5.32 Å². The minimum absolute atomic E-state index is 0.0164. The SMILES string of the molecule is CC(C)(c1ccc([C@]2(S(=O)(=O)c3ccc(F)cc3)CCNC2)cc1)C(F)(F)F. The molecule has 8 heteroatoms. The van der Waals surface area contributed by atoms with Crippen molar-refractivity contribution in [3.05, 3.63) is 65.5 Å². The van der Waals surface area contributed by atoms with Gasteiger partial charge in [-0.15, -0.1) is 0 Å². The van der Waals surface area contributed by atoms with E-state index in [2.05, 4.69) is 5.32 Å². The van der Waals surface area contributed by atoms with Crippen molar-refractivity contribution in [3.8, 4) is 0 Å². The van der Waals surface area contributed by atoms with Gasteiger partial charge >= 0.3 is 6.18 Å². The Morgan fingerprint density at radius 2 is 1.54 bits per heavy atom. The molecule has 3 rings (SSSR count). The molecule has 1 aliphatic heterocycles. The molecular weight excluding hydrogens is 394 g/mol. The zero-order chi connectivity index (χ0) is 20.8. The second kappa shape index (κ2) is 6.84. The Hall–Kier alpha value is -1.93. The molecule has 3 nitrogen and oxygen atoms in total. The van der Waals surface area contributed by atoms with Gasteiger partial charge in [0.15, 0.2) is 9.84 Å². The Morgan fingerprint density at radius 1 is 0.964 bits per heavy atom. The Kier molecular flexibility index (Phi) is 5.08. The van der Waals surface area contributed by atoms with Crippen LogP contribution in [0, 0.1) is 5.82 Å². The third-order valence-corrected chi connectivity index (χ3v) is 8.10. The van der Waals surface area contributed by atoms with Crippen LogP contribution in [0.5, 0.6) is 0 Å². The maximum atomic E-state index is 13.4. The molecule has 1 saturated heterocycles. The molecule has 0 saturated carbocycles. The van der Waals surface area contributed by atoms with Gasteiger partial charge in [-0.25, -0.2) is 12.8 Å². The molecule has 0 unspecified atom stereocenters. The van der Waals surface area contributed by atoms with Gasteiger partial charge in [-0.1, -0.05) is 24.3 Å². The molecule has 28 heavy (non-hydrogen) atoms. The highest BCUT2D eigenvalue weighted by atomic mass is 32.2. The molecule has 1 fully saturated rings. The standard InChI is InChI=1S/C20H21F4NO2S/c1-18(2,20(22,23)24)14-3-5-15(6-4-14)19(11-12-25-13-19)28(26,27)17-9-7-16(21)8-10-17/h3-10,25H,11-13H2,1-2H3/t19-/m0/s1. The lowest BCUT2D eigenvalue weighted by Crippen LogP contribution is -2.39. The van der Waals surface area contributed by atoms with E-state index in [4.69, 9.17) is 0 Å². The molecule has 0 spiro atoms. The molecule has 1 heterocycles. The predicted molar refractivity (Wildman–Crippen MR) is 98.3 cm³/mol. The Morgan fingerprint density at radius 3 is 2.00 bits per heavy atom. The number of alkyl halides is 3. The molecule has 0 bridgehead atoms. The third kappa shape index (κ3) is 3.22. The van der Waals surface area contributed by atoms with E-state index in [0.29, 0.717) is 12.1 Å². The van der Waals surface area contributed by atoms with Gasteiger partial charge in [0.25, 0.3) is 0 Å². The topological polar surface area (TPSA) is 46.2 Å². The minimum atomic E-state index is -4.43. The van der Waals surface area contributed by atoms with E-state index in [1.54, 1.807) is 0 Å². The summed E-state index contributed by atoms with van der Waals surface area (Å²) in [6.07, 6.45) is -4.16. The molecule has 152 valence electrons. The summed E-state index contributed by atoms with van der Waals surface area (Å²) in [6, 6.07) is 10.2. The summed E-state index contributed by atoms with van der Waals surface area (Å²) < 4.78 is 78.6. The van der Waals surface area contributed by atoms with Gasteiger partial charge in [-0.2, -0.15) is 13.2 Å². The van der Waals surface area contributed by atoms with Crippen molar-refractivity contribution in [1.82, 2.24) is 5.32 Å². The van der Waals surface area contributed by atoms with Crippen LogP contribution in [-0.2, 0) is 20.0 Å². The second-order valence-corrected chi connectivity index (χ2v) is 9.84. The fourth-order valence-electron chi connectivity index (χ4n) is 3.49. The molecule has 0 amide bonds. The molecule has 0 radical (unpaired) electrons. The average Bonchev–Trinajstić information content (AvgIpc) is 3.13. The lowest BCUT2D eigenvalue weighted by atomic mass is 9.82. The van der Waals surface area contributed by atoms with Crippen molar-refractivity contribution in [1.29, 1.82) is 0 Å². The van der Waals surface area contributed by atoms with E-state index in [1.165, 1.54) is 36.4 Å². The van der Waals surface area contributed by atoms with E-state index in [9.17, 15) is 26.0 Å². The first kappa shape index (κ1) is 20.8. The van der Waals surface area contributed by atoms with E-state index in [-0.39, 0.29) is 23.4 Å². The van der Waals surface area contributed by atoms with Gasteiger partial charge in [-0.05, 0) is 62.2 Å². The van der Waals surface area contributed by atoms with Crippen LogP contribution in [-0.4, -0.2) is 27.7 Å². The van der Waals surface area contributed by atoms with Crippen LogP contribution in [0.25, 0.3) is 0 Å². The largest absolute Gasteiger partial charge is 0.397 e. The van der Waals surface area contributed by atoms with Crippen LogP contribution in [0.1, 0.15) is 31.4 Å². The van der Waals surface area contributed by atoms with Crippen molar-refractivity contribution >= 4 is 9.84 Å². The van der Waals surface area contributed by atoms with Crippen molar-refractivity contribution < 1.29 is 26.0 Å². The van der Waals surface area contributed by atoms with E-state index in [1.807, 2.05) is 0 Å². The van der Waals surface area contributed by atoms with Gasteiger partial charge in [-0.3, -0.25) is 0 Å². The number of halogens is 4. The molecule has 1 atom stereocenters. The van der Waals surface area contributed by atoms with Crippen molar-refractivity contribution in [2.45, 2.75) is 41.5 Å². The average molecular weight is 415 g/mol. The van der Waals surface area contributed by atoms with Crippen molar-refractivity contribution in [3.63, 3.8) is 0 Å². The molecule has 1 aliphatic rings. The highest BCUT2D eigenvalue weighted by Crippen LogP contribution is 2.43. The summed E-state index contributed by atoms with van der Waals surface area (Å²) in [5, 5.41) is 3.03. The number of hydrogen-bond acceptors (Lipinski definition) is 3. The Balaban J connectivity index is 2.07. The fraction of sp³-hybridized carbons (Fsp3) is 0.400. The van der Waals surface area contributed by atoms with Crippen molar-refractivity contribution in [2.24, 2.45) is 0 Å². The quantitative estimate of drug-likeness (QED) is 0.597. The summed E-state index contributed by atoms with van der Waals surface area (Å²) in [7, 11) is -3.90. The number of rotatable bonds is 4. The molecular formula is C20H21F4NO2S. The number of hydrogen-bond donors (Lipinski definition) is 1. The Labute approximate surface area is 161 Å². The van der Waals surface area contributed by atoms with Gasteiger partial charge in [0.2, 0.25) is 0 Å². The first-order valence-corrected chi connectivity index (χ1v) is 10.3. The smallest absolute Gasteiger partial charge is 0.315 e. The maximum absolute atomic E-state index is 13.4. The number of benzene rings is 2. The van der Waals surface area contributed by atoms with E-state index < -0.39 is 32.0 Å². The predicted octanol–water partition coefficient (Wildman–Crippen LogP) is 4.33. The summed E-state index contributed by atoms with van der Waals surface area (Å²) in [4.78, 5) is -0.0164. The molecule has 1 N–H and O–H groups in total. The molecule has 2 aromatic rings. The monoisotopic (exact) mass is 415 g/mol. The lowest BCUT2D eigenvalue weighted by molar-refractivity contribution is -0.180. The second-order valence-electron chi connectivity index (χ2n) is 7.58. The molecule has 0 aromatic heterocycles. The summed E-state index contributed by atoms with van der Waals surface area (Å²) >= 11 is 0. The first-order valence-electron chi connectivity index (χ1n) is 8.80. The van der Waals surface area contributed by atoms with Crippen molar-refractivity contribution in [2.75, 3.05) is 13.1 Å². The van der Waals surface area contributed by atoms with Crippen LogP contribution >= 0.6 is 0 Å². The summed E-state index contributed by atoms with van der Waals surface area (Å²) in [6.45, 7) is 2.76. The van der Waals surface area contributed by atoms with Gasteiger partial charge in [0.05, 0.1) is 10.3 Å². The Bertz CT molecular complexity index is 943. The van der Waals surface area contributed by atoms with E-state index >= 15 is 0 Å².